The maximum absolute atomic E-state index is 12.2. The second-order valence-corrected chi connectivity index (χ2v) is 6.41. The van der Waals surface area contributed by atoms with Crippen LogP contribution in [-0.2, 0) is 4.79 Å². The summed E-state index contributed by atoms with van der Waals surface area (Å²) >= 11 is 0. The summed E-state index contributed by atoms with van der Waals surface area (Å²) in [6.07, 6.45) is 6.42. The molecule has 1 fully saturated rings. The summed E-state index contributed by atoms with van der Waals surface area (Å²) in [6, 6.07) is 14.1. The Morgan fingerprint density at radius 1 is 0.800 bits per heavy atom. The molecule has 0 radical (unpaired) electrons. The van der Waals surface area contributed by atoms with Crippen LogP contribution in [0.4, 0.5) is 0 Å². The predicted molar refractivity (Wildman–Crippen MR) is 95.0 cm³/mol. The second-order valence-electron chi connectivity index (χ2n) is 6.41. The molecule has 0 aromatic heterocycles. The van der Waals surface area contributed by atoms with Gasteiger partial charge >= 0.3 is 11.9 Å². The smallest absolute Gasteiger partial charge is 0.343 e. The summed E-state index contributed by atoms with van der Waals surface area (Å²) in [7, 11) is 0. The fourth-order valence-corrected chi connectivity index (χ4v) is 3.23. The van der Waals surface area contributed by atoms with Crippen molar-refractivity contribution in [3.8, 4) is 11.5 Å². The van der Waals surface area contributed by atoms with Crippen LogP contribution < -0.4 is 9.47 Å². The molecule has 3 rings (SSSR count). The van der Waals surface area contributed by atoms with Crippen molar-refractivity contribution in [2.45, 2.75) is 44.9 Å². The van der Waals surface area contributed by atoms with Crippen molar-refractivity contribution < 1.29 is 19.1 Å². The van der Waals surface area contributed by atoms with Gasteiger partial charge in [-0.1, -0.05) is 31.4 Å². The number of carbonyl (C=O) groups excluding carboxylic acids is 2. The largest absolute Gasteiger partial charge is 0.427 e. The number of carbonyl (C=O) groups is 2. The zero-order valence-corrected chi connectivity index (χ0v) is 14.4. The van der Waals surface area contributed by atoms with Crippen LogP contribution in [0.25, 0.3) is 0 Å². The lowest BCUT2D eigenvalue weighted by Gasteiger charge is -2.22. The van der Waals surface area contributed by atoms with E-state index in [-0.39, 0.29) is 0 Å². The van der Waals surface area contributed by atoms with Crippen LogP contribution in [0.3, 0.4) is 0 Å². The summed E-state index contributed by atoms with van der Waals surface area (Å²) in [4.78, 5) is 23.1. The molecule has 0 aliphatic heterocycles. The number of ether oxygens (including phenoxy) is 2. The van der Waals surface area contributed by atoms with E-state index >= 15 is 0 Å². The molecule has 4 heteroatoms. The van der Waals surface area contributed by atoms with E-state index in [9.17, 15) is 9.59 Å². The molecule has 2 aromatic carbocycles. The Bertz CT molecular complexity index is 725. The van der Waals surface area contributed by atoms with E-state index in [1.165, 1.54) is 44.6 Å². The first-order valence-corrected chi connectivity index (χ1v) is 8.72. The van der Waals surface area contributed by atoms with Crippen molar-refractivity contribution in [1.29, 1.82) is 0 Å². The maximum atomic E-state index is 12.2. The molecule has 2 aromatic rings. The Balaban J connectivity index is 1.61. The summed E-state index contributed by atoms with van der Waals surface area (Å²) in [5.41, 5.74) is 1.73. The standard InChI is InChI=1S/C21H22O4/c1-15(22)24-19-13-9-18(10-14-19)21(23)25-20-11-7-17(8-12-20)16-5-3-2-4-6-16/h7-14,16H,2-6H2,1H3. The molecule has 4 nitrogen and oxygen atoms in total. The maximum Gasteiger partial charge on any atom is 0.343 e. The van der Waals surface area contributed by atoms with Crippen molar-refractivity contribution in [3.63, 3.8) is 0 Å². The summed E-state index contributed by atoms with van der Waals surface area (Å²) in [6.45, 7) is 1.33. The van der Waals surface area contributed by atoms with Gasteiger partial charge in [-0.3, -0.25) is 4.79 Å². The van der Waals surface area contributed by atoms with Crippen molar-refractivity contribution in [2.24, 2.45) is 0 Å². The summed E-state index contributed by atoms with van der Waals surface area (Å²) in [5, 5.41) is 0. The number of hydrogen-bond donors (Lipinski definition) is 0. The first-order valence-electron chi connectivity index (χ1n) is 8.72. The second kappa shape index (κ2) is 7.97. The van der Waals surface area contributed by atoms with E-state index < -0.39 is 11.9 Å². The lowest BCUT2D eigenvalue weighted by Crippen LogP contribution is -2.09. The SMILES string of the molecule is CC(=O)Oc1ccc(C(=O)Oc2ccc(C3CCCCC3)cc2)cc1. The lowest BCUT2D eigenvalue weighted by atomic mass is 9.84. The Labute approximate surface area is 147 Å². The third kappa shape index (κ3) is 4.69. The van der Waals surface area contributed by atoms with E-state index in [4.69, 9.17) is 9.47 Å². The molecule has 130 valence electrons. The van der Waals surface area contributed by atoms with Crippen molar-refractivity contribution in [3.05, 3.63) is 59.7 Å². The monoisotopic (exact) mass is 338 g/mol. The van der Waals surface area contributed by atoms with Crippen molar-refractivity contribution in [1.82, 2.24) is 0 Å². The molecule has 0 N–H and O–H groups in total. The molecule has 0 atom stereocenters. The van der Waals surface area contributed by atoms with Crippen molar-refractivity contribution >= 4 is 11.9 Å². The van der Waals surface area contributed by atoms with Gasteiger partial charge in [-0.15, -0.1) is 0 Å². The first-order chi connectivity index (χ1) is 12.1. The summed E-state index contributed by atoms with van der Waals surface area (Å²) in [5.74, 6) is 0.745. The number of hydrogen-bond acceptors (Lipinski definition) is 4. The van der Waals surface area contributed by atoms with Crippen LogP contribution >= 0.6 is 0 Å². The van der Waals surface area contributed by atoms with E-state index in [1.54, 1.807) is 24.3 Å². The van der Waals surface area contributed by atoms with E-state index in [0.29, 0.717) is 23.0 Å². The third-order valence-corrected chi connectivity index (χ3v) is 4.52. The highest BCUT2D eigenvalue weighted by Crippen LogP contribution is 2.33. The van der Waals surface area contributed by atoms with E-state index in [1.807, 2.05) is 12.1 Å². The molecule has 1 saturated carbocycles. The van der Waals surface area contributed by atoms with Gasteiger partial charge in [-0.2, -0.15) is 0 Å². The van der Waals surface area contributed by atoms with E-state index in [0.717, 1.165) is 0 Å². The minimum Gasteiger partial charge on any atom is -0.427 e. The highest BCUT2D eigenvalue weighted by atomic mass is 16.5. The molecule has 0 bridgehead atoms. The van der Waals surface area contributed by atoms with Gasteiger partial charge in [-0.25, -0.2) is 4.79 Å². The van der Waals surface area contributed by atoms with Crippen LogP contribution in [0, 0.1) is 0 Å². The van der Waals surface area contributed by atoms with Gasteiger partial charge in [0.25, 0.3) is 0 Å². The molecule has 0 unspecified atom stereocenters. The first kappa shape index (κ1) is 17.2. The zero-order valence-electron chi connectivity index (χ0n) is 14.4. The Morgan fingerprint density at radius 3 is 1.96 bits per heavy atom. The Kier molecular flexibility index (Phi) is 5.49. The van der Waals surface area contributed by atoms with Crippen LogP contribution in [0.2, 0.25) is 0 Å². The Hall–Kier alpha value is -2.62. The van der Waals surface area contributed by atoms with Gasteiger partial charge in [0.1, 0.15) is 11.5 Å². The average molecular weight is 338 g/mol. The van der Waals surface area contributed by atoms with Crippen LogP contribution in [-0.4, -0.2) is 11.9 Å². The molecule has 0 spiro atoms. The molecule has 1 aliphatic carbocycles. The molecule has 25 heavy (non-hydrogen) atoms. The van der Waals surface area contributed by atoms with Crippen molar-refractivity contribution in [2.75, 3.05) is 0 Å². The highest BCUT2D eigenvalue weighted by Gasteiger charge is 2.16. The lowest BCUT2D eigenvalue weighted by molar-refractivity contribution is -0.131. The van der Waals surface area contributed by atoms with Gasteiger partial charge in [0.2, 0.25) is 0 Å². The normalized spacial score (nSPS) is 14.8. The van der Waals surface area contributed by atoms with Gasteiger partial charge in [0.05, 0.1) is 5.56 Å². The van der Waals surface area contributed by atoms with Gasteiger partial charge < -0.3 is 9.47 Å². The molecule has 0 saturated heterocycles. The average Bonchev–Trinajstić information content (AvgIpc) is 2.63. The number of esters is 2. The molecule has 1 aliphatic rings. The fraction of sp³-hybridized carbons (Fsp3) is 0.333. The topological polar surface area (TPSA) is 52.6 Å². The quantitative estimate of drug-likeness (QED) is 0.589. The molecular formula is C21H22O4. The summed E-state index contributed by atoms with van der Waals surface area (Å²) < 4.78 is 10.4. The van der Waals surface area contributed by atoms with E-state index in [2.05, 4.69) is 12.1 Å². The van der Waals surface area contributed by atoms with Gasteiger partial charge in [-0.05, 0) is 60.7 Å². The van der Waals surface area contributed by atoms with Crippen LogP contribution in [0.5, 0.6) is 11.5 Å². The highest BCUT2D eigenvalue weighted by molar-refractivity contribution is 5.91. The molecular weight excluding hydrogens is 316 g/mol. The molecule has 0 heterocycles. The zero-order chi connectivity index (χ0) is 17.6. The van der Waals surface area contributed by atoms with Gasteiger partial charge in [0, 0.05) is 6.92 Å². The predicted octanol–water partition coefficient (Wildman–Crippen LogP) is 4.88. The minimum atomic E-state index is -0.431. The number of benzene rings is 2. The van der Waals surface area contributed by atoms with Crippen LogP contribution in [0.1, 0.15) is 60.9 Å². The fourth-order valence-electron chi connectivity index (χ4n) is 3.23. The van der Waals surface area contributed by atoms with Gasteiger partial charge in [0.15, 0.2) is 0 Å². The number of rotatable bonds is 4. The molecule has 0 amide bonds. The van der Waals surface area contributed by atoms with Crippen LogP contribution in [0.15, 0.2) is 48.5 Å². The third-order valence-electron chi connectivity index (χ3n) is 4.52. The Morgan fingerprint density at radius 2 is 1.36 bits per heavy atom. The minimum absolute atomic E-state index is 0.395.